The maximum Gasteiger partial charge on any atom is 0.230 e. The Morgan fingerprint density at radius 3 is 2.83 bits per heavy atom. The van der Waals surface area contributed by atoms with Crippen LogP contribution in [0.5, 0.6) is 0 Å². The van der Waals surface area contributed by atoms with Gasteiger partial charge in [0.25, 0.3) is 0 Å². The van der Waals surface area contributed by atoms with Gasteiger partial charge in [0.2, 0.25) is 11.1 Å². The number of benzene rings is 1. The number of H-pyrrole nitrogens is 1. The summed E-state index contributed by atoms with van der Waals surface area (Å²) >= 11 is 7.25. The van der Waals surface area contributed by atoms with E-state index in [1.165, 1.54) is 31.0 Å². The summed E-state index contributed by atoms with van der Waals surface area (Å²) in [7, 11) is 0. The fraction of sp³-hybridized carbons (Fsp3) is 0.471. The van der Waals surface area contributed by atoms with E-state index < -0.39 is 0 Å². The topological polar surface area (TPSA) is 70.7 Å². The van der Waals surface area contributed by atoms with E-state index in [1.807, 2.05) is 24.3 Å². The van der Waals surface area contributed by atoms with Gasteiger partial charge in [0.1, 0.15) is 0 Å². The van der Waals surface area contributed by atoms with Crippen molar-refractivity contribution in [3.8, 4) is 11.4 Å². The number of amides is 1. The highest BCUT2D eigenvalue weighted by Gasteiger charge is 2.39. The molecule has 2 bridgehead atoms. The normalized spacial score (nSPS) is 25.1. The van der Waals surface area contributed by atoms with Crippen LogP contribution in [0.15, 0.2) is 29.4 Å². The highest BCUT2D eigenvalue weighted by molar-refractivity contribution is 7.99. The SMILES string of the molecule is O=C(CSc1n[nH]c(-c2ccc(Cl)cc2)n1)N[C@H]1C[C@H]2CC[C@H]1C2. The number of aromatic amines is 1. The van der Waals surface area contributed by atoms with Gasteiger partial charge in [-0.2, -0.15) is 0 Å². The zero-order valence-corrected chi connectivity index (χ0v) is 14.7. The van der Waals surface area contributed by atoms with E-state index in [4.69, 9.17) is 11.6 Å². The quantitative estimate of drug-likeness (QED) is 0.798. The number of carbonyl (C=O) groups is 1. The molecule has 1 heterocycles. The molecule has 0 aliphatic heterocycles. The second kappa shape index (κ2) is 6.76. The summed E-state index contributed by atoms with van der Waals surface area (Å²) in [4.78, 5) is 16.6. The average Bonchev–Trinajstić information content (AvgIpc) is 3.30. The summed E-state index contributed by atoms with van der Waals surface area (Å²) < 4.78 is 0. The molecule has 2 aliphatic carbocycles. The Labute approximate surface area is 150 Å². The molecule has 0 unspecified atom stereocenters. The van der Waals surface area contributed by atoms with Gasteiger partial charge in [-0.3, -0.25) is 9.89 Å². The Bertz CT molecular complexity index is 732. The van der Waals surface area contributed by atoms with Crippen LogP contribution >= 0.6 is 23.4 Å². The van der Waals surface area contributed by atoms with Crippen LogP contribution < -0.4 is 5.32 Å². The summed E-state index contributed by atoms with van der Waals surface area (Å²) in [5.41, 5.74) is 0.921. The number of nitrogens with zero attached hydrogens (tertiary/aromatic N) is 2. The van der Waals surface area contributed by atoms with Gasteiger partial charge in [-0.1, -0.05) is 29.8 Å². The van der Waals surface area contributed by atoms with Crippen molar-refractivity contribution in [2.45, 2.75) is 36.9 Å². The van der Waals surface area contributed by atoms with E-state index in [0.29, 0.717) is 33.7 Å². The minimum atomic E-state index is 0.0791. The van der Waals surface area contributed by atoms with E-state index in [-0.39, 0.29) is 5.91 Å². The molecule has 2 fully saturated rings. The fourth-order valence-corrected chi connectivity index (χ4v) is 4.58. The molecule has 3 atom stereocenters. The van der Waals surface area contributed by atoms with Crippen LogP contribution in [0.4, 0.5) is 0 Å². The molecule has 1 aromatic heterocycles. The number of carbonyl (C=O) groups excluding carboxylic acids is 1. The van der Waals surface area contributed by atoms with Crippen LogP contribution in [0.3, 0.4) is 0 Å². The number of hydrogen-bond donors (Lipinski definition) is 2. The lowest BCUT2D eigenvalue weighted by molar-refractivity contribution is -0.119. The number of nitrogens with one attached hydrogen (secondary N) is 2. The molecule has 0 saturated heterocycles. The molecular weight excluding hydrogens is 344 g/mol. The largest absolute Gasteiger partial charge is 0.352 e. The van der Waals surface area contributed by atoms with Gasteiger partial charge < -0.3 is 5.32 Å². The average molecular weight is 363 g/mol. The first-order valence-corrected chi connectivity index (χ1v) is 9.64. The van der Waals surface area contributed by atoms with Crippen molar-refractivity contribution in [1.82, 2.24) is 20.5 Å². The summed E-state index contributed by atoms with van der Waals surface area (Å²) in [5, 5.41) is 11.5. The molecule has 4 rings (SSSR count). The smallest absolute Gasteiger partial charge is 0.230 e. The Morgan fingerprint density at radius 2 is 2.12 bits per heavy atom. The monoisotopic (exact) mass is 362 g/mol. The Morgan fingerprint density at radius 1 is 1.29 bits per heavy atom. The first kappa shape index (κ1) is 16.0. The summed E-state index contributed by atoms with van der Waals surface area (Å²) in [6.45, 7) is 0. The molecule has 0 spiro atoms. The van der Waals surface area contributed by atoms with E-state index in [9.17, 15) is 4.79 Å². The number of aromatic nitrogens is 3. The lowest BCUT2D eigenvalue weighted by Crippen LogP contribution is -2.39. The Kier molecular flexibility index (Phi) is 4.50. The van der Waals surface area contributed by atoms with E-state index in [2.05, 4.69) is 20.5 Å². The first-order valence-electron chi connectivity index (χ1n) is 8.28. The third-order valence-corrected chi connectivity index (χ3v) is 6.10. The van der Waals surface area contributed by atoms with Gasteiger partial charge in [0.05, 0.1) is 5.75 Å². The minimum absolute atomic E-state index is 0.0791. The number of hydrogen-bond acceptors (Lipinski definition) is 4. The maximum atomic E-state index is 12.2. The number of fused-ring (bicyclic) bond motifs is 2. The molecule has 5 nitrogen and oxygen atoms in total. The molecule has 7 heteroatoms. The molecule has 2 saturated carbocycles. The second-order valence-electron chi connectivity index (χ2n) is 6.61. The molecule has 2 N–H and O–H groups in total. The molecule has 1 amide bonds. The lowest BCUT2D eigenvalue weighted by atomic mass is 9.95. The van der Waals surface area contributed by atoms with Crippen LogP contribution in [0, 0.1) is 11.8 Å². The van der Waals surface area contributed by atoms with Crippen molar-refractivity contribution < 1.29 is 4.79 Å². The molecule has 126 valence electrons. The van der Waals surface area contributed by atoms with Crippen LogP contribution in [-0.2, 0) is 4.79 Å². The van der Waals surface area contributed by atoms with Gasteiger partial charge in [-0.05, 0) is 55.4 Å². The van der Waals surface area contributed by atoms with Gasteiger partial charge >= 0.3 is 0 Å². The number of halogens is 1. The zero-order valence-electron chi connectivity index (χ0n) is 13.2. The van der Waals surface area contributed by atoms with E-state index in [1.54, 1.807) is 0 Å². The van der Waals surface area contributed by atoms with Gasteiger partial charge in [-0.25, -0.2) is 4.98 Å². The first-order chi connectivity index (χ1) is 11.7. The maximum absolute atomic E-state index is 12.2. The standard InChI is InChI=1S/C17H19ClN4OS/c18-13-5-3-11(4-6-13)16-20-17(22-21-16)24-9-15(23)19-14-8-10-1-2-12(14)7-10/h3-6,10,12,14H,1-2,7-9H2,(H,19,23)(H,20,21,22)/t10-,12-,14-/m0/s1. The van der Waals surface area contributed by atoms with Crippen LogP contribution in [0.25, 0.3) is 11.4 Å². The predicted octanol–water partition coefficient (Wildman–Crippen LogP) is 3.52. The van der Waals surface area contributed by atoms with Crippen LogP contribution in [0.1, 0.15) is 25.7 Å². The third kappa shape index (κ3) is 3.44. The highest BCUT2D eigenvalue weighted by atomic mass is 35.5. The van der Waals surface area contributed by atoms with Gasteiger partial charge in [0, 0.05) is 16.6 Å². The molecule has 2 aromatic rings. The Balaban J connectivity index is 1.30. The summed E-state index contributed by atoms with van der Waals surface area (Å²) in [6, 6.07) is 7.79. The number of thioether (sulfide) groups is 1. The summed E-state index contributed by atoms with van der Waals surface area (Å²) in [5.74, 6) is 2.65. The van der Waals surface area contributed by atoms with Crippen molar-refractivity contribution in [2.24, 2.45) is 11.8 Å². The molecule has 2 aliphatic rings. The lowest BCUT2D eigenvalue weighted by Gasteiger charge is -2.22. The predicted molar refractivity (Wildman–Crippen MR) is 94.9 cm³/mol. The van der Waals surface area contributed by atoms with E-state index >= 15 is 0 Å². The van der Waals surface area contributed by atoms with Crippen molar-refractivity contribution in [3.05, 3.63) is 29.3 Å². The highest BCUT2D eigenvalue weighted by Crippen LogP contribution is 2.44. The van der Waals surface area contributed by atoms with Gasteiger partial charge in [-0.15, -0.1) is 5.10 Å². The minimum Gasteiger partial charge on any atom is -0.352 e. The third-order valence-electron chi connectivity index (χ3n) is 5.00. The second-order valence-corrected chi connectivity index (χ2v) is 7.99. The van der Waals surface area contributed by atoms with Crippen molar-refractivity contribution in [3.63, 3.8) is 0 Å². The molecule has 0 radical (unpaired) electrons. The van der Waals surface area contributed by atoms with Crippen molar-refractivity contribution >= 4 is 29.3 Å². The molecular formula is C17H19ClN4OS. The Hall–Kier alpha value is -1.53. The van der Waals surface area contributed by atoms with Gasteiger partial charge in [0.15, 0.2) is 5.82 Å². The van der Waals surface area contributed by atoms with Crippen LogP contribution in [0.2, 0.25) is 5.02 Å². The number of rotatable bonds is 5. The molecule has 24 heavy (non-hydrogen) atoms. The van der Waals surface area contributed by atoms with E-state index in [0.717, 1.165) is 17.9 Å². The van der Waals surface area contributed by atoms with Crippen molar-refractivity contribution in [2.75, 3.05) is 5.75 Å². The zero-order chi connectivity index (χ0) is 16.5. The van der Waals surface area contributed by atoms with Crippen LogP contribution in [-0.4, -0.2) is 32.9 Å². The molecule has 1 aromatic carbocycles. The van der Waals surface area contributed by atoms with Crippen molar-refractivity contribution in [1.29, 1.82) is 0 Å². The summed E-state index contributed by atoms with van der Waals surface area (Å²) in [6.07, 6.45) is 5.07. The fourth-order valence-electron chi connectivity index (χ4n) is 3.85.